The van der Waals surface area contributed by atoms with Gasteiger partial charge in [0.1, 0.15) is 35.7 Å². The normalized spacial score (nSPS) is 21.2. The molecular weight excluding hydrogens is 1220 g/mol. The molecule has 0 N–H and O–H groups in total. The highest BCUT2D eigenvalue weighted by Crippen LogP contribution is 2.27. The Hall–Kier alpha value is -9.34. The highest BCUT2D eigenvalue weighted by atomic mass is 16.6. The average molecular weight is 1320 g/mol. The molecular formula is C74H96N8O14. The monoisotopic (exact) mass is 1320 g/mol. The van der Waals surface area contributed by atoms with Crippen LogP contribution >= 0.6 is 0 Å². The lowest BCUT2D eigenvalue weighted by molar-refractivity contribution is -0.176. The predicted molar refractivity (Wildman–Crippen MR) is 362 cm³/mol. The van der Waals surface area contributed by atoms with Gasteiger partial charge in [0.05, 0.1) is 38.7 Å². The van der Waals surface area contributed by atoms with Crippen LogP contribution in [0, 0.1) is 23.7 Å². The quantitative estimate of drug-likeness (QED) is 0.0510. The summed E-state index contributed by atoms with van der Waals surface area (Å²) in [4.78, 5) is 123. The number of rotatable bonds is 20. The van der Waals surface area contributed by atoms with E-state index in [1.54, 1.807) is 47.8 Å². The summed E-state index contributed by atoms with van der Waals surface area (Å²) in [7, 11) is 8.79. The van der Waals surface area contributed by atoms with Crippen molar-refractivity contribution in [3.63, 3.8) is 0 Å². The van der Waals surface area contributed by atoms with Gasteiger partial charge in [0.25, 0.3) is 23.6 Å². The van der Waals surface area contributed by atoms with Crippen LogP contribution in [0.1, 0.15) is 117 Å². The second-order valence-corrected chi connectivity index (χ2v) is 26.7. The lowest BCUT2D eigenvalue weighted by Gasteiger charge is -2.35. The van der Waals surface area contributed by atoms with E-state index in [1.165, 1.54) is 42.0 Å². The fourth-order valence-corrected chi connectivity index (χ4v) is 11.6. The molecule has 0 radical (unpaired) electrons. The zero-order chi connectivity index (χ0) is 70.2. The number of ether oxygens (including phenoxy) is 6. The Balaban J connectivity index is 1.21. The summed E-state index contributed by atoms with van der Waals surface area (Å²) >= 11 is 0. The van der Waals surface area contributed by atoms with E-state index in [4.69, 9.17) is 38.6 Å². The number of cyclic esters (lactones) is 4. The lowest BCUT2D eigenvalue weighted by atomic mass is 9.99. The number of hydrogen-bond donors (Lipinski definition) is 0. The minimum atomic E-state index is -1.57. The number of aromatic nitrogens is 4. The first-order chi connectivity index (χ1) is 45.5. The summed E-state index contributed by atoms with van der Waals surface area (Å²) in [5, 5.41) is 9.53. The van der Waals surface area contributed by atoms with Crippen molar-refractivity contribution in [2.24, 2.45) is 23.7 Å². The summed E-state index contributed by atoms with van der Waals surface area (Å²) in [6, 6.07) is 28.5. The van der Waals surface area contributed by atoms with Crippen molar-refractivity contribution < 1.29 is 66.8 Å². The highest BCUT2D eigenvalue weighted by Gasteiger charge is 2.43. The summed E-state index contributed by atoms with van der Waals surface area (Å²) in [5.74, 6) is -6.18. The van der Waals surface area contributed by atoms with E-state index in [-0.39, 0.29) is 62.2 Å². The molecule has 96 heavy (non-hydrogen) atoms. The fraction of sp³-hybridized carbons (Fsp3) is 0.486. The number of carbonyl (C=O) groups is 8. The number of esters is 4. The smallest absolute Gasteiger partial charge is 0.329 e. The molecule has 0 bridgehead atoms. The van der Waals surface area contributed by atoms with Crippen LogP contribution in [0.3, 0.4) is 0 Å². The molecule has 4 aromatic carbocycles. The Morgan fingerprint density at radius 1 is 0.375 bits per heavy atom. The standard InChI is InChI=1S/C74H96N8O14/c1-45(2)37-61-71(87)93-49(9)67(83)77(11)64(40-48(7)8)74(90)96-66(42-52-19-23-54(24-20-52)44-82-36-34-60(76-82)56-27-31-58(92-16)32-28-56)70(86)80(14)62(38-46(3)4)72(88)94-50(10)68(84)78(12)63(39-47(5)6)73(89)95-65(69(85)79(61)13)41-51-17-21-53(22-18-51)43-81-35-33-59(75-81)55-25-29-57(91-15)30-26-55/h17-36,45-50,61-66H,37-44H2,1-16H3/t49-,50-,61+,62+,63+,64+,65-,66-/m1/s1. The first kappa shape index (κ1) is 74.1. The van der Waals surface area contributed by atoms with Crippen molar-refractivity contribution in [2.75, 3.05) is 42.4 Å². The van der Waals surface area contributed by atoms with E-state index in [0.29, 0.717) is 24.2 Å². The van der Waals surface area contributed by atoms with Gasteiger partial charge in [-0.1, -0.05) is 104 Å². The SMILES string of the molecule is COc1ccc(-c2ccn(Cc3ccc(C[C@H]4OC(=O)[C@H](CC(C)C)N(C)C(=O)[C@@H](C)OC(=O)[C@H](CC(C)C)N(C)C(=O)[C@@H](Cc5ccc(Cn6ccc(-c7ccc(OC)cc7)n6)cc5)OC(=O)[C@H](CC(C)C)N(C)C(=O)[C@@H](C)OC(=O)[C@H](CC(C)C)N(C)C4=O)cc3)n2)cc1. The summed E-state index contributed by atoms with van der Waals surface area (Å²) in [6.45, 7) is 18.4. The molecule has 0 spiro atoms. The van der Waals surface area contributed by atoms with Crippen LogP contribution in [0.15, 0.2) is 122 Å². The second-order valence-electron chi connectivity index (χ2n) is 26.7. The molecule has 0 saturated carbocycles. The van der Waals surface area contributed by atoms with E-state index >= 15 is 9.59 Å². The van der Waals surface area contributed by atoms with Gasteiger partial charge in [-0.05, 0) is 146 Å². The minimum absolute atomic E-state index is 0.0636. The predicted octanol–water partition coefficient (Wildman–Crippen LogP) is 9.51. The Labute approximate surface area is 564 Å². The zero-order valence-electron chi connectivity index (χ0n) is 58.4. The fourth-order valence-electron chi connectivity index (χ4n) is 11.6. The molecule has 1 aliphatic rings. The number of nitrogens with zero attached hydrogens (tertiary/aromatic N) is 8. The third kappa shape index (κ3) is 19.9. The van der Waals surface area contributed by atoms with Crippen LogP contribution < -0.4 is 9.47 Å². The third-order valence-corrected chi connectivity index (χ3v) is 17.1. The second kappa shape index (κ2) is 33.9. The minimum Gasteiger partial charge on any atom is -0.497 e. The average Bonchev–Trinajstić information content (AvgIpc) is 1.04. The Kier molecular flexibility index (Phi) is 26.1. The maximum absolute atomic E-state index is 15.2. The molecule has 0 unspecified atom stereocenters. The largest absolute Gasteiger partial charge is 0.497 e. The maximum Gasteiger partial charge on any atom is 0.329 e. The molecule has 1 saturated heterocycles. The number of hydrogen-bond acceptors (Lipinski definition) is 16. The molecule has 8 atom stereocenters. The van der Waals surface area contributed by atoms with E-state index < -0.39 is 96.1 Å². The molecule has 6 aromatic rings. The number of carbonyl (C=O) groups excluding carboxylic acids is 8. The van der Waals surface area contributed by atoms with Gasteiger partial charge in [0.2, 0.25) is 0 Å². The van der Waals surface area contributed by atoms with Gasteiger partial charge >= 0.3 is 23.9 Å². The first-order valence-electron chi connectivity index (χ1n) is 32.9. The molecule has 1 aliphatic heterocycles. The van der Waals surface area contributed by atoms with Crippen molar-refractivity contribution in [1.82, 2.24) is 39.2 Å². The van der Waals surface area contributed by atoms with E-state index in [9.17, 15) is 28.8 Å². The molecule has 22 nitrogen and oxygen atoms in total. The van der Waals surface area contributed by atoms with Gasteiger partial charge in [0.15, 0.2) is 24.4 Å². The number of benzene rings is 4. The highest BCUT2D eigenvalue weighted by molar-refractivity contribution is 5.94. The lowest BCUT2D eigenvalue weighted by Crippen LogP contribution is -2.55. The Bertz CT molecular complexity index is 3350. The van der Waals surface area contributed by atoms with Gasteiger partial charge < -0.3 is 48.0 Å². The van der Waals surface area contributed by atoms with Crippen molar-refractivity contribution >= 4 is 47.5 Å². The van der Waals surface area contributed by atoms with Crippen molar-refractivity contribution in [3.05, 3.63) is 144 Å². The zero-order valence-corrected chi connectivity index (χ0v) is 58.4. The Morgan fingerprint density at radius 3 is 0.927 bits per heavy atom. The van der Waals surface area contributed by atoms with Gasteiger partial charge in [0, 0.05) is 64.6 Å². The number of likely N-dealkylation sites (N-methyl/N-ethyl adjacent to an activating group) is 4. The van der Waals surface area contributed by atoms with E-state index in [0.717, 1.165) is 64.7 Å². The van der Waals surface area contributed by atoms with E-state index in [1.807, 2.05) is 153 Å². The van der Waals surface area contributed by atoms with Crippen LogP contribution in [0.4, 0.5) is 0 Å². The third-order valence-electron chi connectivity index (χ3n) is 17.1. The van der Waals surface area contributed by atoms with Crippen LogP contribution in [0.25, 0.3) is 22.5 Å². The van der Waals surface area contributed by atoms with Crippen LogP contribution in [-0.2, 0) is 83.2 Å². The first-order valence-corrected chi connectivity index (χ1v) is 32.9. The molecule has 4 amide bonds. The van der Waals surface area contributed by atoms with Crippen molar-refractivity contribution in [3.8, 4) is 34.0 Å². The molecule has 3 heterocycles. The molecule has 7 rings (SSSR count). The van der Waals surface area contributed by atoms with Crippen LogP contribution in [-0.4, -0.2) is 178 Å². The van der Waals surface area contributed by atoms with Gasteiger partial charge in [-0.3, -0.25) is 28.5 Å². The summed E-state index contributed by atoms with van der Waals surface area (Å²) in [5.41, 5.74) is 6.33. The molecule has 516 valence electrons. The van der Waals surface area contributed by atoms with Crippen LogP contribution in [0.2, 0.25) is 0 Å². The van der Waals surface area contributed by atoms with Crippen molar-refractivity contribution in [2.45, 2.75) is 169 Å². The van der Waals surface area contributed by atoms with Gasteiger partial charge in [-0.15, -0.1) is 0 Å². The molecule has 22 heteroatoms. The van der Waals surface area contributed by atoms with Gasteiger partial charge in [-0.25, -0.2) is 19.2 Å². The van der Waals surface area contributed by atoms with E-state index in [2.05, 4.69) is 0 Å². The number of methoxy groups -OCH3 is 2. The molecule has 1 fully saturated rings. The summed E-state index contributed by atoms with van der Waals surface area (Å²) in [6.07, 6.45) is -2.48. The molecule has 2 aromatic heterocycles. The van der Waals surface area contributed by atoms with Crippen molar-refractivity contribution in [1.29, 1.82) is 0 Å². The maximum atomic E-state index is 15.2. The van der Waals surface area contributed by atoms with Crippen LogP contribution in [0.5, 0.6) is 11.5 Å². The topological polar surface area (TPSA) is 241 Å². The van der Waals surface area contributed by atoms with Gasteiger partial charge in [-0.2, -0.15) is 10.2 Å². The summed E-state index contributed by atoms with van der Waals surface area (Å²) < 4.78 is 38.7. The Morgan fingerprint density at radius 2 is 0.646 bits per heavy atom. The molecule has 0 aliphatic carbocycles. The number of amides is 4.